The maximum Gasteiger partial charge on any atom is 0.139 e. The Morgan fingerprint density at radius 1 is 0.842 bits per heavy atom. The van der Waals surface area contributed by atoms with Crippen LogP contribution in [0.25, 0.3) is 0 Å². The summed E-state index contributed by atoms with van der Waals surface area (Å²) in [6.45, 7) is 0.195. The Hall–Kier alpha value is -0.380. The van der Waals surface area contributed by atoms with Gasteiger partial charge in [0, 0.05) is 17.8 Å². The molecule has 2 aromatic rings. The van der Waals surface area contributed by atoms with E-state index in [2.05, 4.69) is 4.98 Å². The SMILES string of the molecule is Clc1cc(Cl)c(COc2cc(Cl)c(Cl)cc2Cl)cn1. The number of pyridine rings is 1. The summed E-state index contributed by atoms with van der Waals surface area (Å²) in [4.78, 5) is 3.93. The van der Waals surface area contributed by atoms with E-state index in [9.17, 15) is 0 Å². The number of rotatable bonds is 3. The van der Waals surface area contributed by atoms with E-state index >= 15 is 0 Å². The molecular weight excluding hydrogens is 351 g/mol. The van der Waals surface area contributed by atoms with Gasteiger partial charge >= 0.3 is 0 Å². The van der Waals surface area contributed by atoms with Gasteiger partial charge in [-0.2, -0.15) is 0 Å². The van der Waals surface area contributed by atoms with Crippen molar-refractivity contribution in [2.75, 3.05) is 0 Å². The minimum absolute atomic E-state index is 0.195. The lowest BCUT2D eigenvalue weighted by Crippen LogP contribution is -1.98. The van der Waals surface area contributed by atoms with E-state index in [0.29, 0.717) is 36.6 Å². The summed E-state index contributed by atoms with van der Waals surface area (Å²) in [6, 6.07) is 4.60. The van der Waals surface area contributed by atoms with Crippen LogP contribution < -0.4 is 4.74 Å². The maximum absolute atomic E-state index is 6.01. The van der Waals surface area contributed by atoms with Crippen molar-refractivity contribution in [3.63, 3.8) is 0 Å². The van der Waals surface area contributed by atoms with Crippen molar-refractivity contribution < 1.29 is 4.74 Å². The summed E-state index contributed by atoms with van der Waals surface area (Å²) in [5.41, 5.74) is 0.688. The first-order valence-corrected chi connectivity index (χ1v) is 6.93. The minimum atomic E-state index is 0.195. The van der Waals surface area contributed by atoms with E-state index in [1.165, 1.54) is 18.3 Å². The molecule has 1 aromatic heterocycles. The largest absolute Gasteiger partial charge is 0.487 e. The normalized spacial score (nSPS) is 10.6. The Morgan fingerprint density at radius 3 is 2.21 bits per heavy atom. The molecule has 0 radical (unpaired) electrons. The lowest BCUT2D eigenvalue weighted by Gasteiger charge is -2.10. The van der Waals surface area contributed by atoms with Gasteiger partial charge in [-0.05, 0) is 12.1 Å². The van der Waals surface area contributed by atoms with E-state index in [1.807, 2.05) is 0 Å². The van der Waals surface area contributed by atoms with Crippen LogP contribution in [-0.4, -0.2) is 4.98 Å². The Balaban J connectivity index is 2.16. The number of hydrogen-bond acceptors (Lipinski definition) is 2. The van der Waals surface area contributed by atoms with Gasteiger partial charge in [-0.3, -0.25) is 0 Å². The van der Waals surface area contributed by atoms with Crippen molar-refractivity contribution in [1.82, 2.24) is 4.98 Å². The third-order valence-corrected chi connectivity index (χ3v) is 3.83. The van der Waals surface area contributed by atoms with Gasteiger partial charge < -0.3 is 4.74 Å². The summed E-state index contributed by atoms with van der Waals surface area (Å²) in [6.07, 6.45) is 1.54. The van der Waals surface area contributed by atoms with Crippen molar-refractivity contribution in [2.45, 2.75) is 6.61 Å². The molecule has 0 bridgehead atoms. The first kappa shape index (κ1) is 15.0. The highest BCUT2D eigenvalue weighted by Crippen LogP contribution is 2.34. The van der Waals surface area contributed by atoms with Crippen LogP contribution in [-0.2, 0) is 6.61 Å². The summed E-state index contributed by atoms with van der Waals surface area (Å²) >= 11 is 29.4. The Kier molecular flexibility index (Phi) is 5.04. The van der Waals surface area contributed by atoms with Crippen LogP contribution in [0.15, 0.2) is 24.4 Å². The van der Waals surface area contributed by atoms with Crippen molar-refractivity contribution in [1.29, 1.82) is 0 Å². The zero-order valence-corrected chi connectivity index (χ0v) is 13.0. The predicted molar refractivity (Wildman–Crippen MR) is 80.1 cm³/mol. The van der Waals surface area contributed by atoms with Crippen molar-refractivity contribution in [2.24, 2.45) is 0 Å². The quantitative estimate of drug-likeness (QED) is 0.502. The van der Waals surface area contributed by atoms with E-state index in [4.69, 9.17) is 62.7 Å². The summed E-state index contributed by atoms with van der Waals surface area (Å²) in [5, 5.41) is 1.89. The molecule has 0 spiro atoms. The summed E-state index contributed by atoms with van der Waals surface area (Å²) in [5.74, 6) is 0.419. The van der Waals surface area contributed by atoms with Gasteiger partial charge in [-0.1, -0.05) is 58.0 Å². The molecule has 1 heterocycles. The topological polar surface area (TPSA) is 22.1 Å². The monoisotopic (exact) mass is 355 g/mol. The highest BCUT2D eigenvalue weighted by atomic mass is 35.5. The number of aromatic nitrogens is 1. The van der Waals surface area contributed by atoms with Crippen molar-refractivity contribution >= 4 is 58.0 Å². The molecule has 2 rings (SSSR count). The van der Waals surface area contributed by atoms with Gasteiger partial charge in [0.2, 0.25) is 0 Å². The van der Waals surface area contributed by atoms with Crippen molar-refractivity contribution in [3.8, 4) is 5.75 Å². The van der Waals surface area contributed by atoms with Gasteiger partial charge in [0.05, 0.1) is 20.1 Å². The van der Waals surface area contributed by atoms with Crippen LogP contribution in [0.4, 0.5) is 0 Å². The second kappa shape index (κ2) is 6.38. The molecule has 0 fully saturated rings. The lowest BCUT2D eigenvalue weighted by molar-refractivity contribution is 0.306. The summed E-state index contributed by atoms with van der Waals surface area (Å²) in [7, 11) is 0. The van der Waals surface area contributed by atoms with E-state index in [-0.39, 0.29) is 6.61 Å². The molecule has 0 saturated carbocycles. The van der Waals surface area contributed by atoms with Crippen LogP contribution in [0.3, 0.4) is 0 Å². The number of hydrogen-bond donors (Lipinski definition) is 0. The van der Waals surface area contributed by atoms with E-state index in [0.717, 1.165) is 0 Å². The van der Waals surface area contributed by atoms with Crippen LogP contribution in [0.1, 0.15) is 5.56 Å². The molecule has 1 aromatic carbocycles. The second-order valence-electron chi connectivity index (χ2n) is 3.58. The fraction of sp³-hybridized carbons (Fsp3) is 0.0833. The zero-order valence-electron chi connectivity index (χ0n) is 9.26. The molecule has 0 aliphatic heterocycles. The minimum Gasteiger partial charge on any atom is -0.487 e. The molecule has 0 amide bonds. The number of ether oxygens (including phenoxy) is 1. The zero-order chi connectivity index (χ0) is 14.0. The van der Waals surface area contributed by atoms with E-state index in [1.54, 1.807) is 6.07 Å². The van der Waals surface area contributed by atoms with Gasteiger partial charge in [0.25, 0.3) is 0 Å². The fourth-order valence-corrected chi connectivity index (χ4v) is 2.32. The van der Waals surface area contributed by atoms with Crippen LogP contribution >= 0.6 is 58.0 Å². The van der Waals surface area contributed by atoms with Gasteiger partial charge in [-0.25, -0.2) is 4.98 Å². The third kappa shape index (κ3) is 3.80. The standard InChI is InChI=1S/C12H6Cl5NO/c13-7-3-12(17)18-4-6(7)5-19-11-2-9(15)8(14)1-10(11)16/h1-4H,5H2. The number of halogens is 5. The Bertz CT molecular complexity index is 617. The second-order valence-corrected chi connectivity index (χ2v) is 5.60. The van der Waals surface area contributed by atoms with E-state index < -0.39 is 0 Å². The highest BCUT2D eigenvalue weighted by Gasteiger charge is 2.09. The Morgan fingerprint density at radius 2 is 1.53 bits per heavy atom. The number of nitrogens with zero attached hydrogens (tertiary/aromatic N) is 1. The molecule has 7 heteroatoms. The molecule has 0 atom stereocenters. The fourth-order valence-electron chi connectivity index (χ4n) is 1.31. The average Bonchev–Trinajstić information content (AvgIpc) is 2.34. The number of benzene rings is 1. The molecule has 100 valence electrons. The Labute approximate surface area is 135 Å². The molecule has 19 heavy (non-hydrogen) atoms. The molecule has 0 saturated heterocycles. The van der Waals surface area contributed by atoms with Gasteiger partial charge in [0.1, 0.15) is 17.5 Å². The molecule has 0 N–H and O–H groups in total. The molecule has 2 nitrogen and oxygen atoms in total. The third-order valence-electron chi connectivity index (χ3n) is 2.25. The smallest absolute Gasteiger partial charge is 0.139 e. The molecular formula is C12H6Cl5NO. The van der Waals surface area contributed by atoms with Gasteiger partial charge in [0.15, 0.2) is 0 Å². The predicted octanol–water partition coefficient (Wildman–Crippen LogP) is 5.93. The van der Waals surface area contributed by atoms with Crippen LogP contribution in [0.5, 0.6) is 5.75 Å². The lowest BCUT2D eigenvalue weighted by atomic mass is 10.3. The van der Waals surface area contributed by atoms with Crippen LogP contribution in [0, 0.1) is 0 Å². The summed E-state index contributed by atoms with van der Waals surface area (Å²) < 4.78 is 5.54. The highest BCUT2D eigenvalue weighted by molar-refractivity contribution is 6.43. The average molecular weight is 357 g/mol. The maximum atomic E-state index is 6.01. The first-order chi connectivity index (χ1) is 8.97. The molecule has 0 unspecified atom stereocenters. The first-order valence-electron chi connectivity index (χ1n) is 5.04. The van der Waals surface area contributed by atoms with Gasteiger partial charge in [-0.15, -0.1) is 0 Å². The van der Waals surface area contributed by atoms with Crippen LogP contribution in [0.2, 0.25) is 25.2 Å². The molecule has 0 aliphatic carbocycles. The van der Waals surface area contributed by atoms with Crippen molar-refractivity contribution in [3.05, 3.63) is 55.2 Å². The molecule has 0 aliphatic rings.